The molecular weight excluding hydrogens is 184 g/mol. The summed E-state index contributed by atoms with van der Waals surface area (Å²) in [6.07, 6.45) is 7.25. The fourth-order valence-corrected chi connectivity index (χ4v) is 4.02. The molecule has 1 aliphatic carbocycles. The highest BCUT2D eigenvalue weighted by molar-refractivity contribution is 4.96. The molecule has 2 nitrogen and oxygen atoms in total. The normalized spacial score (nSPS) is 47.0. The highest BCUT2D eigenvalue weighted by Crippen LogP contribution is 2.34. The second-order valence-electron chi connectivity index (χ2n) is 5.89. The molecule has 0 amide bonds. The van der Waals surface area contributed by atoms with Gasteiger partial charge in [0, 0.05) is 25.2 Å². The lowest BCUT2D eigenvalue weighted by atomic mass is 9.94. The molecule has 3 aliphatic rings. The maximum absolute atomic E-state index is 3.71. The number of piperidine rings is 1. The monoisotopic (exact) mass is 208 g/mol. The van der Waals surface area contributed by atoms with Crippen molar-refractivity contribution in [3.8, 4) is 0 Å². The van der Waals surface area contributed by atoms with Gasteiger partial charge in [-0.05, 0) is 44.1 Å². The van der Waals surface area contributed by atoms with Crippen LogP contribution in [0.5, 0.6) is 0 Å². The summed E-state index contributed by atoms with van der Waals surface area (Å²) in [7, 11) is 0. The van der Waals surface area contributed by atoms with Crippen LogP contribution in [0.3, 0.4) is 0 Å². The summed E-state index contributed by atoms with van der Waals surface area (Å²) in [4.78, 5) is 2.80. The SMILES string of the molecule is CC1CCCC1N1CC2CCCNC2C1. The molecule has 4 unspecified atom stereocenters. The number of likely N-dealkylation sites (tertiary alicyclic amines) is 1. The Balaban J connectivity index is 1.64. The first-order valence-corrected chi connectivity index (χ1v) is 6.82. The molecule has 86 valence electrons. The molecule has 0 aromatic carbocycles. The summed E-state index contributed by atoms with van der Waals surface area (Å²) in [5.74, 6) is 1.91. The van der Waals surface area contributed by atoms with Gasteiger partial charge in [-0.1, -0.05) is 13.3 Å². The van der Waals surface area contributed by atoms with Crippen LogP contribution < -0.4 is 5.32 Å². The second kappa shape index (κ2) is 4.06. The van der Waals surface area contributed by atoms with Gasteiger partial charge in [0.15, 0.2) is 0 Å². The Morgan fingerprint density at radius 1 is 1.07 bits per heavy atom. The van der Waals surface area contributed by atoms with E-state index in [1.165, 1.54) is 51.7 Å². The Bertz CT molecular complexity index is 215. The summed E-state index contributed by atoms with van der Waals surface area (Å²) in [5, 5.41) is 3.71. The molecule has 2 heterocycles. The van der Waals surface area contributed by atoms with Crippen molar-refractivity contribution in [2.45, 2.75) is 51.1 Å². The number of nitrogens with one attached hydrogen (secondary N) is 1. The fourth-order valence-electron chi connectivity index (χ4n) is 4.02. The molecule has 3 rings (SSSR count). The highest BCUT2D eigenvalue weighted by Gasteiger charge is 2.39. The van der Waals surface area contributed by atoms with Crippen molar-refractivity contribution < 1.29 is 0 Å². The number of fused-ring (bicyclic) bond motifs is 1. The Morgan fingerprint density at radius 3 is 2.73 bits per heavy atom. The van der Waals surface area contributed by atoms with Crippen molar-refractivity contribution in [2.75, 3.05) is 19.6 Å². The van der Waals surface area contributed by atoms with Crippen LogP contribution >= 0.6 is 0 Å². The van der Waals surface area contributed by atoms with E-state index >= 15 is 0 Å². The first kappa shape index (κ1) is 10.1. The summed E-state index contributed by atoms with van der Waals surface area (Å²) in [5.41, 5.74) is 0. The Kier molecular flexibility index (Phi) is 2.73. The number of nitrogens with zero attached hydrogens (tertiary/aromatic N) is 1. The standard InChI is InChI=1S/C13H24N2/c1-10-4-2-6-13(10)15-8-11-5-3-7-14-12(11)9-15/h10-14H,2-9H2,1H3. The number of hydrogen-bond donors (Lipinski definition) is 1. The summed E-state index contributed by atoms with van der Waals surface area (Å²) >= 11 is 0. The van der Waals surface area contributed by atoms with E-state index < -0.39 is 0 Å². The Morgan fingerprint density at radius 2 is 2.00 bits per heavy atom. The molecule has 0 spiro atoms. The lowest BCUT2D eigenvalue weighted by Crippen LogP contribution is -2.41. The van der Waals surface area contributed by atoms with E-state index in [0.29, 0.717) is 0 Å². The zero-order valence-corrected chi connectivity index (χ0v) is 9.91. The third-order valence-corrected chi connectivity index (χ3v) is 4.91. The molecule has 0 aromatic rings. The highest BCUT2D eigenvalue weighted by atomic mass is 15.2. The van der Waals surface area contributed by atoms with Crippen LogP contribution in [-0.2, 0) is 0 Å². The maximum atomic E-state index is 3.71. The van der Waals surface area contributed by atoms with Gasteiger partial charge in [0.25, 0.3) is 0 Å². The van der Waals surface area contributed by atoms with Gasteiger partial charge in [-0.15, -0.1) is 0 Å². The molecule has 1 N–H and O–H groups in total. The average molecular weight is 208 g/mol. The topological polar surface area (TPSA) is 15.3 Å². The van der Waals surface area contributed by atoms with E-state index in [9.17, 15) is 0 Å². The zero-order chi connectivity index (χ0) is 10.3. The molecule has 4 atom stereocenters. The van der Waals surface area contributed by atoms with Gasteiger partial charge in [0.1, 0.15) is 0 Å². The molecule has 1 saturated carbocycles. The largest absolute Gasteiger partial charge is 0.312 e. The molecule has 2 aliphatic heterocycles. The molecule has 2 saturated heterocycles. The van der Waals surface area contributed by atoms with Crippen LogP contribution in [0, 0.1) is 11.8 Å². The van der Waals surface area contributed by atoms with Crippen molar-refractivity contribution in [3.63, 3.8) is 0 Å². The van der Waals surface area contributed by atoms with Crippen LogP contribution in [0.15, 0.2) is 0 Å². The van der Waals surface area contributed by atoms with Gasteiger partial charge in [-0.2, -0.15) is 0 Å². The van der Waals surface area contributed by atoms with Gasteiger partial charge in [0.2, 0.25) is 0 Å². The molecule has 2 heteroatoms. The third kappa shape index (κ3) is 1.83. The van der Waals surface area contributed by atoms with E-state index in [0.717, 1.165) is 23.9 Å². The van der Waals surface area contributed by atoms with Crippen LogP contribution in [0.4, 0.5) is 0 Å². The minimum Gasteiger partial charge on any atom is -0.312 e. The van der Waals surface area contributed by atoms with Crippen molar-refractivity contribution >= 4 is 0 Å². The molecule has 0 bridgehead atoms. The maximum Gasteiger partial charge on any atom is 0.0235 e. The number of hydrogen-bond acceptors (Lipinski definition) is 2. The van der Waals surface area contributed by atoms with Crippen molar-refractivity contribution in [2.24, 2.45) is 11.8 Å². The quantitative estimate of drug-likeness (QED) is 0.707. The van der Waals surface area contributed by atoms with Gasteiger partial charge in [-0.3, -0.25) is 4.90 Å². The summed E-state index contributed by atoms with van der Waals surface area (Å²) in [6.45, 7) is 6.43. The predicted octanol–water partition coefficient (Wildman–Crippen LogP) is 1.86. The smallest absolute Gasteiger partial charge is 0.0235 e. The first-order valence-electron chi connectivity index (χ1n) is 6.82. The second-order valence-corrected chi connectivity index (χ2v) is 5.89. The van der Waals surface area contributed by atoms with Gasteiger partial charge >= 0.3 is 0 Å². The average Bonchev–Trinajstić information content (AvgIpc) is 2.82. The van der Waals surface area contributed by atoms with Crippen molar-refractivity contribution in [1.29, 1.82) is 0 Å². The predicted molar refractivity (Wildman–Crippen MR) is 62.9 cm³/mol. The van der Waals surface area contributed by atoms with E-state index in [1.807, 2.05) is 0 Å². The molecular formula is C13H24N2. The van der Waals surface area contributed by atoms with E-state index in [4.69, 9.17) is 0 Å². The molecule has 15 heavy (non-hydrogen) atoms. The van der Waals surface area contributed by atoms with Crippen molar-refractivity contribution in [3.05, 3.63) is 0 Å². The first-order chi connectivity index (χ1) is 7.34. The molecule has 3 fully saturated rings. The Labute approximate surface area is 93.4 Å². The third-order valence-electron chi connectivity index (χ3n) is 4.91. The van der Waals surface area contributed by atoms with Crippen LogP contribution in [0.25, 0.3) is 0 Å². The minimum absolute atomic E-state index is 0.826. The van der Waals surface area contributed by atoms with Crippen molar-refractivity contribution in [1.82, 2.24) is 10.2 Å². The van der Waals surface area contributed by atoms with E-state index in [1.54, 1.807) is 0 Å². The zero-order valence-electron chi connectivity index (χ0n) is 9.91. The van der Waals surface area contributed by atoms with Crippen LogP contribution in [0.2, 0.25) is 0 Å². The lowest BCUT2D eigenvalue weighted by Gasteiger charge is -2.27. The van der Waals surface area contributed by atoms with Gasteiger partial charge in [-0.25, -0.2) is 0 Å². The van der Waals surface area contributed by atoms with Crippen LogP contribution in [0.1, 0.15) is 39.0 Å². The number of rotatable bonds is 1. The Hall–Kier alpha value is -0.0800. The summed E-state index contributed by atoms with van der Waals surface area (Å²) in [6, 6.07) is 1.74. The van der Waals surface area contributed by atoms with Gasteiger partial charge in [0.05, 0.1) is 0 Å². The molecule has 0 aromatic heterocycles. The van der Waals surface area contributed by atoms with Crippen LogP contribution in [-0.4, -0.2) is 36.6 Å². The summed E-state index contributed by atoms with van der Waals surface area (Å²) < 4.78 is 0. The lowest BCUT2D eigenvalue weighted by molar-refractivity contribution is 0.197. The van der Waals surface area contributed by atoms with Gasteiger partial charge < -0.3 is 5.32 Å². The fraction of sp³-hybridized carbons (Fsp3) is 1.00. The van der Waals surface area contributed by atoms with E-state index in [2.05, 4.69) is 17.1 Å². The molecule has 0 radical (unpaired) electrons. The minimum atomic E-state index is 0.826. The van der Waals surface area contributed by atoms with E-state index in [-0.39, 0.29) is 0 Å².